The van der Waals surface area contributed by atoms with Crippen molar-refractivity contribution in [2.24, 2.45) is 7.05 Å². The lowest BCUT2D eigenvalue weighted by molar-refractivity contribution is 0.0767. The largest absolute Gasteiger partial charge is 0.444 e. The molecule has 0 unspecified atom stereocenters. The Labute approximate surface area is 177 Å². The van der Waals surface area contributed by atoms with Crippen molar-refractivity contribution >= 4 is 29.2 Å². The van der Waals surface area contributed by atoms with Crippen molar-refractivity contribution in [3.8, 4) is 11.1 Å². The summed E-state index contributed by atoms with van der Waals surface area (Å²) in [6, 6.07) is 5.24. The molecule has 0 N–H and O–H groups in total. The zero-order valence-electron chi connectivity index (χ0n) is 17.0. The zero-order chi connectivity index (χ0) is 21.2. The Morgan fingerprint density at radius 3 is 2.69 bits per heavy atom. The highest BCUT2D eigenvalue weighted by Crippen LogP contribution is 2.42. The fraction of sp³-hybridized carbons (Fsp3) is 0.350. The number of thiophene rings is 1. The van der Waals surface area contributed by atoms with Gasteiger partial charge in [-0.15, -0.1) is 11.3 Å². The van der Waals surface area contributed by atoms with E-state index in [9.17, 15) is 9.18 Å². The van der Waals surface area contributed by atoms with Gasteiger partial charge in [-0.3, -0.25) is 0 Å². The van der Waals surface area contributed by atoms with Crippen LogP contribution in [0.25, 0.3) is 11.1 Å². The molecule has 0 atom stereocenters. The number of aryl methyl sites for hydroxylation is 1. The number of pyridine rings is 1. The van der Waals surface area contributed by atoms with Crippen LogP contribution in [0.1, 0.15) is 25.6 Å². The molecule has 0 aromatic carbocycles. The fourth-order valence-corrected chi connectivity index (χ4v) is 4.67. The van der Waals surface area contributed by atoms with E-state index < -0.39 is 12.0 Å². The minimum Gasteiger partial charge on any atom is -0.444 e. The first-order valence-corrected chi connectivity index (χ1v) is 10.6. The molecule has 0 aliphatic carbocycles. The van der Waals surface area contributed by atoms with Gasteiger partial charge in [-0.25, -0.2) is 14.8 Å². The summed E-state index contributed by atoms with van der Waals surface area (Å²) in [5, 5.41) is 0.786. The topological polar surface area (TPSA) is 60.3 Å². The second kappa shape index (κ2) is 8.54. The number of nitrogens with zero attached hydrogens (tertiary/aromatic N) is 4. The first-order valence-electron chi connectivity index (χ1n) is 8.96. The maximum absolute atomic E-state index is 14.3. The number of carbonyl (C=O) groups excluding carboxylic acids is 1. The molecule has 0 spiro atoms. The van der Waals surface area contributed by atoms with Crippen LogP contribution in [0.4, 0.5) is 9.18 Å². The van der Waals surface area contributed by atoms with Gasteiger partial charge in [0.1, 0.15) is 6.61 Å². The van der Waals surface area contributed by atoms with Crippen LogP contribution in [0.2, 0.25) is 0 Å². The highest BCUT2D eigenvalue weighted by Gasteiger charge is 2.24. The third-order valence-electron chi connectivity index (χ3n) is 4.38. The Balaban J connectivity index is 1.87. The van der Waals surface area contributed by atoms with E-state index in [1.165, 1.54) is 29.3 Å². The lowest BCUT2D eigenvalue weighted by Crippen LogP contribution is -2.42. The van der Waals surface area contributed by atoms with Gasteiger partial charge in [0.2, 0.25) is 5.95 Å². The molecule has 0 saturated carbocycles. The Kier molecular flexibility index (Phi) is 6.28. The fourth-order valence-electron chi connectivity index (χ4n) is 2.38. The molecule has 0 saturated heterocycles. The normalized spacial score (nSPS) is 11.5. The molecule has 29 heavy (non-hydrogen) atoms. The van der Waals surface area contributed by atoms with E-state index in [2.05, 4.69) is 9.97 Å². The summed E-state index contributed by atoms with van der Waals surface area (Å²) >= 11 is 2.89. The van der Waals surface area contributed by atoms with Crippen molar-refractivity contribution in [3.05, 3.63) is 47.6 Å². The second-order valence-electron chi connectivity index (χ2n) is 7.46. The average Bonchev–Trinajstić information content (AvgIpc) is 3.25. The van der Waals surface area contributed by atoms with E-state index in [0.29, 0.717) is 11.1 Å². The van der Waals surface area contributed by atoms with Crippen molar-refractivity contribution in [2.45, 2.75) is 42.3 Å². The Morgan fingerprint density at radius 2 is 2.07 bits per heavy atom. The van der Waals surface area contributed by atoms with Crippen LogP contribution >= 0.6 is 23.1 Å². The van der Waals surface area contributed by atoms with Crippen LogP contribution in [0.5, 0.6) is 0 Å². The van der Waals surface area contributed by atoms with E-state index >= 15 is 0 Å². The lowest BCUT2D eigenvalue weighted by Gasteiger charge is -2.30. The summed E-state index contributed by atoms with van der Waals surface area (Å²) in [4.78, 5) is 22.8. The number of aromatic nitrogens is 3. The Bertz CT molecular complexity index is 1010. The lowest BCUT2D eigenvalue weighted by atomic mass is 10.1. The van der Waals surface area contributed by atoms with Crippen molar-refractivity contribution in [1.82, 2.24) is 19.4 Å². The Morgan fingerprint density at radius 1 is 1.31 bits per heavy atom. The zero-order valence-corrected chi connectivity index (χ0v) is 18.6. The number of carbonyl (C=O) groups is 1. The van der Waals surface area contributed by atoms with Gasteiger partial charge >= 0.3 is 6.09 Å². The molecule has 3 aromatic rings. The highest BCUT2D eigenvalue weighted by molar-refractivity contribution is 8.01. The van der Waals surface area contributed by atoms with E-state index in [0.717, 1.165) is 14.2 Å². The molecular weight excluding hydrogens is 411 g/mol. The van der Waals surface area contributed by atoms with Gasteiger partial charge < -0.3 is 14.2 Å². The van der Waals surface area contributed by atoms with Crippen LogP contribution in [-0.4, -0.2) is 38.1 Å². The van der Waals surface area contributed by atoms with Crippen LogP contribution in [0, 0.1) is 5.95 Å². The van der Waals surface area contributed by atoms with Crippen molar-refractivity contribution < 1.29 is 13.9 Å². The number of hydrogen-bond donors (Lipinski definition) is 0. The minimum atomic E-state index is -0.539. The highest BCUT2D eigenvalue weighted by atomic mass is 32.2. The van der Waals surface area contributed by atoms with Crippen molar-refractivity contribution in [3.63, 3.8) is 0 Å². The van der Waals surface area contributed by atoms with Crippen molar-refractivity contribution in [1.29, 1.82) is 0 Å². The van der Waals surface area contributed by atoms with E-state index in [1.807, 2.05) is 44.6 Å². The molecule has 3 heterocycles. The summed E-state index contributed by atoms with van der Waals surface area (Å²) in [6.07, 6.45) is 4.58. The molecule has 0 bridgehead atoms. The molecule has 0 fully saturated rings. The molecule has 1 amide bonds. The SMILES string of the molecule is CN(C(=O)OCc1cc(-c2cccnc2F)c(Sc2nccn2C)s1)C(C)(C)C. The standard InChI is InChI=1S/C20H23FN4O2S2/c1-20(2,3)25(5)19(26)27-12-13-11-15(14-7-6-8-22-16(14)21)17(28-13)29-18-23-9-10-24(18)4/h6-11H,12H2,1-5H3. The van der Waals surface area contributed by atoms with Crippen LogP contribution in [0.15, 0.2) is 46.2 Å². The molecule has 6 nitrogen and oxygen atoms in total. The van der Waals surface area contributed by atoms with E-state index in [4.69, 9.17) is 4.74 Å². The molecule has 3 aromatic heterocycles. The molecule has 3 rings (SSSR count). The summed E-state index contributed by atoms with van der Waals surface area (Å²) in [5.74, 6) is -0.539. The second-order valence-corrected chi connectivity index (χ2v) is 9.84. The van der Waals surface area contributed by atoms with Crippen LogP contribution < -0.4 is 0 Å². The monoisotopic (exact) mass is 434 g/mol. The number of imidazole rings is 1. The van der Waals surface area contributed by atoms with Crippen LogP contribution in [-0.2, 0) is 18.4 Å². The predicted molar refractivity (Wildman–Crippen MR) is 113 cm³/mol. The third kappa shape index (κ3) is 4.97. The third-order valence-corrected chi connectivity index (χ3v) is 6.76. The van der Waals surface area contributed by atoms with Crippen molar-refractivity contribution in [2.75, 3.05) is 7.05 Å². The molecule has 0 aliphatic rings. The smallest absolute Gasteiger partial charge is 0.410 e. The first-order chi connectivity index (χ1) is 13.7. The van der Waals surface area contributed by atoms with Crippen LogP contribution in [0.3, 0.4) is 0 Å². The van der Waals surface area contributed by atoms with Gasteiger partial charge in [-0.2, -0.15) is 4.39 Å². The maximum atomic E-state index is 14.3. The summed E-state index contributed by atoms with van der Waals surface area (Å²) < 4.78 is 22.6. The van der Waals surface area contributed by atoms with Gasteiger partial charge in [0.05, 0.1) is 4.21 Å². The van der Waals surface area contributed by atoms with Gasteiger partial charge in [-0.05, 0) is 50.7 Å². The van der Waals surface area contributed by atoms with Gasteiger partial charge in [0.15, 0.2) is 5.16 Å². The number of ether oxygens (including phenoxy) is 1. The number of amides is 1. The summed E-state index contributed by atoms with van der Waals surface area (Å²) in [5.41, 5.74) is 0.782. The van der Waals surface area contributed by atoms with E-state index in [-0.39, 0.29) is 12.1 Å². The molecule has 154 valence electrons. The quantitative estimate of drug-likeness (QED) is 0.517. The molecule has 0 radical (unpaired) electrons. The Hall–Kier alpha value is -2.39. The average molecular weight is 435 g/mol. The maximum Gasteiger partial charge on any atom is 0.410 e. The van der Waals surface area contributed by atoms with Gasteiger partial charge in [0, 0.05) is 54.2 Å². The molecular formula is C20H23FN4O2S2. The molecule has 0 aliphatic heterocycles. The molecule has 9 heteroatoms. The summed E-state index contributed by atoms with van der Waals surface area (Å²) in [7, 11) is 3.61. The van der Waals surface area contributed by atoms with E-state index in [1.54, 1.807) is 30.3 Å². The minimum absolute atomic E-state index is 0.111. The first kappa shape index (κ1) is 21.3. The number of halogens is 1. The number of rotatable bonds is 5. The van der Waals surface area contributed by atoms with Gasteiger partial charge in [0.25, 0.3) is 0 Å². The number of hydrogen-bond acceptors (Lipinski definition) is 6. The summed E-state index contributed by atoms with van der Waals surface area (Å²) in [6.45, 7) is 5.92. The predicted octanol–water partition coefficient (Wildman–Crippen LogP) is 5.20. The van der Waals surface area contributed by atoms with Gasteiger partial charge in [-0.1, -0.05) is 0 Å².